The van der Waals surface area contributed by atoms with Crippen molar-refractivity contribution in [1.82, 2.24) is 29.7 Å². The molecule has 2 aliphatic rings. The third-order valence-corrected chi connectivity index (χ3v) is 11.5. The average Bonchev–Trinajstić information content (AvgIpc) is 4.36. The Morgan fingerprint density at radius 1 is 0.676 bits per heavy atom. The first-order valence-electron chi connectivity index (χ1n) is 23.6. The Labute approximate surface area is 424 Å². The van der Waals surface area contributed by atoms with E-state index in [1.807, 2.05) is 6.07 Å². The van der Waals surface area contributed by atoms with Gasteiger partial charge >= 0.3 is 11.9 Å². The van der Waals surface area contributed by atoms with Gasteiger partial charge in [-0.25, -0.2) is 19.6 Å². The molecule has 0 unspecified atom stereocenters. The summed E-state index contributed by atoms with van der Waals surface area (Å²) in [5, 5.41) is 32.5. The molecule has 0 aliphatic heterocycles. The van der Waals surface area contributed by atoms with Crippen molar-refractivity contribution >= 4 is 52.6 Å². The number of carbonyl (C=O) groups excluding carboxylic acids is 4. The largest absolute Gasteiger partial charge is 0.462 e. The lowest BCUT2D eigenvalue weighted by atomic mass is 10.1. The predicted octanol–water partition coefficient (Wildman–Crippen LogP) is 4.09. The van der Waals surface area contributed by atoms with Crippen molar-refractivity contribution in [2.24, 2.45) is 10.9 Å². The highest BCUT2D eigenvalue weighted by molar-refractivity contribution is 5.97. The zero-order chi connectivity index (χ0) is 52.9. The molecular formula is C52H55N13O9. The summed E-state index contributed by atoms with van der Waals surface area (Å²) in [7, 11) is 0. The van der Waals surface area contributed by atoms with Crippen LogP contribution in [0.15, 0.2) is 112 Å². The van der Waals surface area contributed by atoms with Crippen LogP contribution in [0.3, 0.4) is 0 Å². The Kier molecular flexibility index (Phi) is 17.0. The first-order chi connectivity index (χ1) is 35.7. The Hall–Kier alpha value is -9.52. The van der Waals surface area contributed by atoms with E-state index >= 15 is 0 Å². The van der Waals surface area contributed by atoms with Crippen LogP contribution in [-0.2, 0) is 45.2 Å². The molecule has 8 rings (SSSR count). The number of ether oxygens (including phenoxy) is 2. The molecule has 11 N–H and O–H groups in total. The number of carbonyl (C=O) groups is 4. The van der Waals surface area contributed by atoms with E-state index in [1.165, 1.54) is 33.7 Å². The fourth-order valence-electron chi connectivity index (χ4n) is 7.40. The molecule has 6 aromatic rings. The number of amidine groups is 1. The van der Waals surface area contributed by atoms with Gasteiger partial charge in [0.05, 0.1) is 59.8 Å². The van der Waals surface area contributed by atoms with Crippen LogP contribution >= 0.6 is 0 Å². The quantitative estimate of drug-likeness (QED) is 0.0141. The second-order valence-corrected chi connectivity index (χ2v) is 17.3. The zero-order valence-electron chi connectivity index (χ0n) is 40.6. The minimum absolute atomic E-state index is 0.0200. The van der Waals surface area contributed by atoms with Gasteiger partial charge in [-0.15, -0.1) is 0 Å². The molecule has 2 aromatic heterocycles. The Morgan fingerprint density at radius 2 is 1.09 bits per heavy atom. The number of nitrogen functional groups attached to an aromatic ring is 2. The smallest absolute Gasteiger partial charge is 0.338 e. The highest BCUT2D eigenvalue weighted by Gasteiger charge is 2.26. The molecule has 0 spiro atoms. The number of benzene rings is 4. The summed E-state index contributed by atoms with van der Waals surface area (Å²) in [6, 6.07) is 25.4. The molecule has 2 aliphatic carbocycles. The van der Waals surface area contributed by atoms with Gasteiger partial charge in [0.2, 0.25) is 11.8 Å². The number of oxime groups is 1. The Bertz CT molecular complexity index is 3250. The first-order valence-corrected chi connectivity index (χ1v) is 23.6. The molecule has 2 fully saturated rings. The Morgan fingerprint density at radius 3 is 1.47 bits per heavy atom. The van der Waals surface area contributed by atoms with Crippen LogP contribution in [0.2, 0.25) is 0 Å². The lowest BCUT2D eigenvalue weighted by molar-refractivity contribution is -0.122. The molecule has 22 heteroatoms. The Balaban J connectivity index is 0.000000217. The number of anilines is 4. The molecule has 22 nitrogen and oxygen atoms in total. The highest BCUT2D eigenvalue weighted by atomic mass is 16.5. The normalized spacial score (nSPS) is 12.8. The van der Waals surface area contributed by atoms with Gasteiger partial charge in [0, 0.05) is 53.2 Å². The predicted molar refractivity (Wildman–Crippen MR) is 276 cm³/mol. The van der Waals surface area contributed by atoms with Crippen molar-refractivity contribution in [3.8, 4) is 28.6 Å². The van der Waals surface area contributed by atoms with E-state index in [0.717, 1.165) is 36.8 Å². The number of esters is 2. The SMILES string of the molecule is CCOC(=O)c1cc(N)cc(-c2cnc(NC3CC3)c(=O)n2CC(=O)NCc2ccc(/C(N)=N/O)cc2)c1.CCOC(=O)c1cc(N)cc(-c2cnc(NC3CC3)c(=O)n2CC(=O)NCc2ccc(C#N)cc2)c1. The fraction of sp³-hybridized carbons (Fsp3) is 0.269. The van der Waals surface area contributed by atoms with Gasteiger partial charge < -0.3 is 53.1 Å². The third-order valence-electron chi connectivity index (χ3n) is 11.5. The monoisotopic (exact) mass is 1010 g/mol. The second kappa shape index (κ2) is 24.1. The van der Waals surface area contributed by atoms with E-state index in [-0.39, 0.29) is 86.0 Å². The molecule has 0 atom stereocenters. The van der Waals surface area contributed by atoms with Crippen molar-refractivity contribution in [1.29, 1.82) is 5.26 Å². The first kappa shape index (κ1) is 52.3. The van der Waals surface area contributed by atoms with Gasteiger partial charge in [-0.3, -0.25) is 28.3 Å². The van der Waals surface area contributed by atoms with E-state index in [0.29, 0.717) is 45.0 Å². The number of aromatic nitrogens is 4. The van der Waals surface area contributed by atoms with E-state index in [2.05, 4.69) is 36.4 Å². The third kappa shape index (κ3) is 13.9. The van der Waals surface area contributed by atoms with Crippen molar-refractivity contribution in [2.45, 2.75) is 77.8 Å². The van der Waals surface area contributed by atoms with Crippen molar-refractivity contribution in [2.75, 3.05) is 35.3 Å². The minimum atomic E-state index is -0.550. The van der Waals surface area contributed by atoms with Crippen LogP contribution in [0.4, 0.5) is 23.0 Å². The number of hydrogen-bond acceptors (Lipinski definition) is 17. The van der Waals surface area contributed by atoms with E-state index in [4.69, 9.17) is 37.1 Å². The van der Waals surface area contributed by atoms with Crippen LogP contribution < -0.4 is 49.6 Å². The molecule has 4 aromatic carbocycles. The van der Waals surface area contributed by atoms with Gasteiger partial charge in [-0.1, -0.05) is 41.6 Å². The van der Waals surface area contributed by atoms with Crippen molar-refractivity contribution < 1.29 is 33.9 Å². The molecule has 2 saturated carbocycles. The van der Waals surface area contributed by atoms with Crippen LogP contribution in [0, 0.1) is 11.3 Å². The minimum Gasteiger partial charge on any atom is -0.462 e. The van der Waals surface area contributed by atoms with Gasteiger partial charge in [-0.2, -0.15) is 5.26 Å². The lowest BCUT2D eigenvalue weighted by Crippen LogP contribution is -2.34. The van der Waals surface area contributed by atoms with Crippen molar-refractivity contribution in [3.05, 3.63) is 151 Å². The summed E-state index contributed by atoms with van der Waals surface area (Å²) in [6.07, 6.45) is 6.75. The molecule has 0 radical (unpaired) electrons. The van der Waals surface area contributed by atoms with Gasteiger partial charge in [0.25, 0.3) is 11.1 Å². The molecule has 0 saturated heterocycles. The van der Waals surface area contributed by atoms with Gasteiger partial charge in [0.1, 0.15) is 13.1 Å². The maximum Gasteiger partial charge on any atom is 0.338 e. The van der Waals surface area contributed by atoms with Gasteiger partial charge in [-0.05, 0) is 99.2 Å². The number of nitrogens with two attached hydrogens (primary N) is 3. The number of nitriles is 1. The van der Waals surface area contributed by atoms with E-state index in [9.17, 15) is 28.8 Å². The number of nitrogens with one attached hydrogen (secondary N) is 4. The standard InChI is InChI=1S/C26H29N7O5.C26H26N6O4/c1-2-38-26(36)18-9-17(10-19(27)11-18)21-13-30-24(31-20-7-8-20)25(35)33(21)14-22(34)29-12-15-3-5-16(6-4-15)23(28)32-37;1-2-36-26(35)19-9-18(10-20(28)11-19)22-14-30-24(31-21-7-8-21)25(34)32(22)15-23(33)29-13-17-5-3-16(12-27)4-6-17/h3-6,9-11,13,20,37H,2,7-8,12,14,27H2,1H3,(H2,28,32)(H,29,34)(H,30,31);3-6,9-11,14,21H,2,7-8,13,15,28H2,1H3,(H,29,33)(H,30,31). The molecule has 74 heavy (non-hydrogen) atoms. The number of rotatable bonds is 19. The molecular weight excluding hydrogens is 951 g/mol. The highest BCUT2D eigenvalue weighted by Crippen LogP contribution is 2.28. The van der Waals surface area contributed by atoms with Crippen LogP contribution in [0.1, 0.15) is 82.5 Å². The average molecular weight is 1010 g/mol. The zero-order valence-corrected chi connectivity index (χ0v) is 40.6. The molecule has 2 amide bonds. The summed E-state index contributed by atoms with van der Waals surface area (Å²) < 4.78 is 12.8. The molecule has 2 heterocycles. The summed E-state index contributed by atoms with van der Waals surface area (Å²) in [5.74, 6) is -1.60. The van der Waals surface area contributed by atoms with Crippen LogP contribution in [0.25, 0.3) is 22.5 Å². The van der Waals surface area contributed by atoms with Crippen molar-refractivity contribution in [3.63, 3.8) is 0 Å². The molecule has 382 valence electrons. The summed E-state index contributed by atoms with van der Waals surface area (Å²) in [5.41, 5.74) is 22.0. The number of hydrogen-bond donors (Lipinski definition) is 8. The lowest BCUT2D eigenvalue weighted by Gasteiger charge is -2.16. The number of amides is 2. The summed E-state index contributed by atoms with van der Waals surface area (Å²) >= 11 is 0. The summed E-state index contributed by atoms with van der Waals surface area (Å²) in [4.78, 5) is 85.7. The van der Waals surface area contributed by atoms with E-state index in [1.54, 1.807) is 86.6 Å². The summed E-state index contributed by atoms with van der Waals surface area (Å²) in [6.45, 7) is 3.68. The maximum absolute atomic E-state index is 13.4. The topological polar surface area (TPSA) is 339 Å². The molecule has 0 bridgehead atoms. The second-order valence-electron chi connectivity index (χ2n) is 17.3. The fourth-order valence-corrected chi connectivity index (χ4v) is 7.40. The van der Waals surface area contributed by atoms with Gasteiger partial charge in [0.15, 0.2) is 17.5 Å². The number of nitrogens with zero attached hydrogens (tertiary/aromatic N) is 6. The maximum atomic E-state index is 13.4. The van der Waals surface area contributed by atoms with Crippen LogP contribution in [0.5, 0.6) is 0 Å². The van der Waals surface area contributed by atoms with Crippen LogP contribution in [-0.4, -0.2) is 79.2 Å². The van der Waals surface area contributed by atoms with E-state index < -0.39 is 29.0 Å².